The molecule has 0 aliphatic carbocycles. The molecule has 1 aromatic carbocycles. The first kappa shape index (κ1) is 16.2. The summed E-state index contributed by atoms with van der Waals surface area (Å²) in [6.45, 7) is 0.686. The lowest BCUT2D eigenvalue weighted by Gasteiger charge is -2.11. The van der Waals surface area contributed by atoms with E-state index >= 15 is 0 Å². The second-order valence-electron chi connectivity index (χ2n) is 4.86. The second kappa shape index (κ2) is 7.74. The van der Waals surface area contributed by atoms with Gasteiger partial charge in [-0.1, -0.05) is 0 Å². The standard InChI is InChI=1S/C15H18FNO5/c1-20-13-5-4-10(7-12(13)16)15(19)22-9-14(18)17-8-11-3-2-6-21-11/h4-5,7,11H,2-3,6,8-9H2,1H3,(H,17,18)/t11-/m0/s1. The number of carbonyl (C=O) groups is 2. The lowest BCUT2D eigenvalue weighted by atomic mass is 10.2. The monoisotopic (exact) mass is 311 g/mol. The third kappa shape index (κ3) is 4.42. The molecule has 0 saturated carbocycles. The van der Waals surface area contributed by atoms with Gasteiger partial charge in [-0.3, -0.25) is 4.79 Å². The molecule has 1 amide bonds. The van der Waals surface area contributed by atoms with Crippen molar-refractivity contribution >= 4 is 11.9 Å². The molecule has 0 unspecified atom stereocenters. The van der Waals surface area contributed by atoms with Crippen molar-refractivity contribution in [2.45, 2.75) is 18.9 Å². The van der Waals surface area contributed by atoms with Crippen LogP contribution in [0, 0.1) is 5.82 Å². The Bertz CT molecular complexity index is 543. The maximum absolute atomic E-state index is 13.5. The molecule has 1 aliphatic heterocycles. The normalized spacial score (nSPS) is 17.1. The van der Waals surface area contributed by atoms with Crippen LogP contribution in [0.25, 0.3) is 0 Å². The first-order valence-electron chi connectivity index (χ1n) is 6.99. The van der Waals surface area contributed by atoms with Crippen LogP contribution in [0.4, 0.5) is 4.39 Å². The van der Waals surface area contributed by atoms with E-state index in [9.17, 15) is 14.0 Å². The fraction of sp³-hybridized carbons (Fsp3) is 0.467. The maximum atomic E-state index is 13.5. The lowest BCUT2D eigenvalue weighted by Crippen LogP contribution is -2.34. The van der Waals surface area contributed by atoms with Crippen molar-refractivity contribution in [1.29, 1.82) is 0 Å². The predicted octanol–water partition coefficient (Wildman–Crippen LogP) is 1.29. The van der Waals surface area contributed by atoms with Crippen LogP contribution in [0.5, 0.6) is 5.75 Å². The average Bonchev–Trinajstić information content (AvgIpc) is 3.03. The number of carbonyl (C=O) groups excluding carboxylic acids is 2. The van der Waals surface area contributed by atoms with E-state index in [0.717, 1.165) is 18.9 Å². The van der Waals surface area contributed by atoms with Gasteiger partial charge in [-0.2, -0.15) is 0 Å². The van der Waals surface area contributed by atoms with Crippen molar-refractivity contribution in [3.8, 4) is 5.75 Å². The van der Waals surface area contributed by atoms with Gasteiger partial charge in [0, 0.05) is 13.2 Å². The minimum absolute atomic E-state index is 0.0187. The molecule has 1 aliphatic rings. The smallest absolute Gasteiger partial charge is 0.338 e. The number of hydrogen-bond acceptors (Lipinski definition) is 5. The predicted molar refractivity (Wildman–Crippen MR) is 75.2 cm³/mol. The van der Waals surface area contributed by atoms with Crippen LogP contribution >= 0.6 is 0 Å². The van der Waals surface area contributed by atoms with Crippen molar-refractivity contribution in [2.24, 2.45) is 0 Å². The minimum Gasteiger partial charge on any atom is -0.494 e. The van der Waals surface area contributed by atoms with Crippen LogP contribution in [-0.4, -0.2) is 44.8 Å². The second-order valence-corrected chi connectivity index (χ2v) is 4.86. The highest BCUT2D eigenvalue weighted by Crippen LogP contribution is 2.18. The Kier molecular flexibility index (Phi) is 5.71. The third-order valence-electron chi connectivity index (χ3n) is 3.27. The van der Waals surface area contributed by atoms with Gasteiger partial charge in [-0.15, -0.1) is 0 Å². The molecule has 1 fully saturated rings. The Morgan fingerprint density at radius 1 is 1.45 bits per heavy atom. The Labute approximate surface area is 127 Å². The molecule has 1 heterocycles. The molecule has 1 atom stereocenters. The molecule has 1 N–H and O–H groups in total. The number of benzene rings is 1. The number of rotatable bonds is 6. The van der Waals surface area contributed by atoms with Gasteiger partial charge in [0.1, 0.15) is 0 Å². The van der Waals surface area contributed by atoms with E-state index in [1.165, 1.54) is 19.2 Å². The van der Waals surface area contributed by atoms with Gasteiger partial charge in [0.2, 0.25) is 0 Å². The maximum Gasteiger partial charge on any atom is 0.338 e. The molecule has 0 spiro atoms. The highest BCUT2D eigenvalue weighted by Gasteiger charge is 2.17. The summed E-state index contributed by atoms with van der Waals surface area (Å²) >= 11 is 0. The Morgan fingerprint density at radius 3 is 2.91 bits per heavy atom. The minimum atomic E-state index is -0.770. The third-order valence-corrected chi connectivity index (χ3v) is 3.27. The van der Waals surface area contributed by atoms with Crippen LogP contribution in [-0.2, 0) is 14.3 Å². The average molecular weight is 311 g/mol. The van der Waals surface area contributed by atoms with Gasteiger partial charge in [0.05, 0.1) is 18.8 Å². The molecule has 120 valence electrons. The summed E-state index contributed by atoms with van der Waals surface area (Å²) in [7, 11) is 1.33. The Hall–Kier alpha value is -2.15. The molecule has 22 heavy (non-hydrogen) atoms. The molecule has 0 bridgehead atoms. The van der Waals surface area contributed by atoms with Gasteiger partial charge < -0.3 is 19.5 Å². The first-order valence-corrected chi connectivity index (χ1v) is 6.99. The zero-order chi connectivity index (χ0) is 15.9. The van der Waals surface area contributed by atoms with Crippen molar-refractivity contribution < 1.29 is 28.2 Å². The SMILES string of the molecule is COc1ccc(C(=O)OCC(=O)NC[C@@H]2CCCO2)cc1F. The summed E-state index contributed by atoms with van der Waals surface area (Å²) in [5, 5.41) is 2.63. The zero-order valence-electron chi connectivity index (χ0n) is 12.3. The summed E-state index contributed by atoms with van der Waals surface area (Å²) in [4.78, 5) is 23.3. The highest BCUT2D eigenvalue weighted by molar-refractivity contribution is 5.91. The number of amides is 1. The van der Waals surface area contributed by atoms with Gasteiger partial charge in [-0.05, 0) is 31.0 Å². The summed E-state index contributed by atoms with van der Waals surface area (Å²) in [5.74, 6) is -1.82. The molecule has 7 heteroatoms. The van der Waals surface area contributed by atoms with E-state index in [1.807, 2.05) is 0 Å². The molecule has 0 aromatic heterocycles. The fourth-order valence-electron chi connectivity index (χ4n) is 2.09. The molecule has 6 nitrogen and oxygen atoms in total. The summed E-state index contributed by atoms with van der Waals surface area (Å²) in [5.41, 5.74) is 0.0187. The number of nitrogens with one attached hydrogen (secondary N) is 1. The van der Waals surface area contributed by atoms with E-state index in [0.29, 0.717) is 13.2 Å². The van der Waals surface area contributed by atoms with E-state index in [2.05, 4.69) is 5.32 Å². The van der Waals surface area contributed by atoms with Gasteiger partial charge in [0.25, 0.3) is 5.91 Å². The summed E-state index contributed by atoms with van der Waals surface area (Å²) in [6.07, 6.45) is 1.92. The van der Waals surface area contributed by atoms with E-state index < -0.39 is 24.3 Å². The van der Waals surface area contributed by atoms with Crippen molar-refractivity contribution in [1.82, 2.24) is 5.32 Å². The quantitative estimate of drug-likeness (QED) is 0.801. The largest absolute Gasteiger partial charge is 0.494 e. The van der Waals surface area contributed by atoms with Gasteiger partial charge >= 0.3 is 5.97 Å². The topological polar surface area (TPSA) is 73.9 Å². The number of esters is 1. The van der Waals surface area contributed by atoms with E-state index in [-0.39, 0.29) is 17.4 Å². The van der Waals surface area contributed by atoms with Crippen LogP contribution < -0.4 is 10.1 Å². The Balaban J connectivity index is 1.76. The van der Waals surface area contributed by atoms with Crippen LogP contribution in [0.2, 0.25) is 0 Å². The number of halogens is 1. The van der Waals surface area contributed by atoms with Crippen molar-refractivity contribution in [3.05, 3.63) is 29.6 Å². The zero-order valence-corrected chi connectivity index (χ0v) is 12.3. The van der Waals surface area contributed by atoms with E-state index in [1.54, 1.807) is 0 Å². The fourth-order valence-corrected chi connectivity index (χ4v) is 2.09. The molecule has 0 radical (unpaired) electrons. The first-order chi connectivity index (χ1) is 10.6. The van der Waals surface area contributed by atoms with Crippen LogP contribution in [0.1, 0.15) is 23.2 Å². The number of ether oxygens (including phenoxy) is 3. The lowest BCUT2D eigenvalue weighted by molar-refractivity contribution is -0.124. The van der Waals surface area contributed by atoms with Crippen molar-refractivity contribution in [2.75, 3.05) is 26.9 Å². The Morgan fingerprint density at radius 2 is 2.27 bits per heavy atom. The highest BCUT2D eigenvalue weighted by atomic mass is 19.1. The van der Waals surface area contributed by atoms with Crippen LogP contribution in [0.3, 0.4) is 0 Å². The van der Waals surface area contributed by atoms with Crippen LogP contribution in [0.15, 0.2) is 18.2 Å². The molecule has 1 saturated heterocycles. The molecule has 2 rings (SSSR count). The van der Waals surface area contributed by atoms with Crippen molar-refractivity contribution in [3.63, 3.8) is 0 Å². The van der Waals surface area contributed by atoms with E-state index in [4.69, 9.17) is 14.2 Å². The number of hydrogen-bond donors (Lipinski definition) is 1. The molecule has 1 aromatic rings. The molecular weight excluding hydrogens is 293 g/mol. The van der Waals surface area contributed by atoms with Gasteiger partial charge in [0.15, 0.2) is 18.2 Å². The number of methoxy groups -OCH3 is 1. The summed E-state index contributed by atoms with van der Waals surface area (Å²) in [6, 6.07) is 3.70. The molecular formula is C15H18FNO5. The summed E-state index contributed by atoms with van der Waals surface area (Å²) < 4.78 is 28.4. The van der Waals surface area contributed by atoms with Gasteiger partial charge in [-0.25, -0.2) is 9.18 Å².